The summed E-state index contributed by atoms with van der Waals surface area (Å²) < 4.78 is 5.80. The number of aryl methyl sites for hydroxylation is 1. The van der Waals surface area contributed by atoms with E-state index in [1.54, 1.807) is 36.9 Å². The van der Waals surface area contributed by atoms with E-state index >= 15 is 0 Å². The van der Waals surface area contributed by atoms with Crippen LogP contribution in [0.3, 0.4) is 0 Å². The third-order valence-corrected chi connectivity index (χ3v) is 4.81. The number of ether oxygens (including phenoxy) is 1. The molecule has 1 heterocycles. The van der Waals surface area contributed by atoms with E-state index in [1.165, 1.54) is 0 Å². The van der Waals surface area contributed by atoms with Gasteiger partial charge in [0, 0.05) is 23.7 Å². The number of benzene rings is 2. The smallest absolute Gasteiger partial charge is 0.270 e. The van der Waals surface area contributed by atoms with Gasteiger partial charge in [0.2, 0.25) is 5.91 Å². The van der Waals surface area contributed by atoms with E-state index in [-0.39, 0.29) is 24.8 Å². The SMILES string of the molecule is CCc1ccccc1NC(=O)CCN1C(=O)C(C)(C)Oc2ccc(Cl)cc21. The van der Waals surface area contributed by atoms with Gasteiger partial charge in [-0.05, 0) is 50.1 Å². The number of anilines is 2. The number of hydrogen-bond donors (Lipinski definition) is 1. The van der Waals surface area contributed by atoms with Crippen molar-refractivity contribution in [3.63, 3.8) is 0 Å². The average molecular weight is 387 g/mol. The number of amides is 2. The molecule has 0 aromatic heterocycles. The van der Waals surface area contributed by atoms with E-state index in [1.807, 2.05) is 31.2 Å². The fourth-order valence-electron chi connectivity index (χ4n) is 3.14. The summed E-state index contributed by atoms with van der Waals surface area (Å²) in [6.07, 6.45) is 1.00. The van der Waals surface area contributed by atoms with Crippen LogP contribution in [0.4, 0.5) is 11.4 Å². The normalized spacial score (nSPS) is 15.1. The van der Waals surface area contributed by atoms with Crippen molar-refractivity contribution >= 4 is 34.8 Å². The van der Waals surface area contributed by atoms with Gasteiger partial charge in [0.15, 0.2) is 5.60 Å². The highest BCUT2D eigenvalue weighted by molar-refractivity contribution is 6.31. The molecular weight excluding hydrogens is 364 g/mol. The molecule has 2 aromatic carbocycles. The topological polar surface area (TPSA) is 58.6 Å². The summed E-state index contributed by atoms with van der Waals surface area (Å²) in [5.41, 5.74) is 1.48. The van der Waals surface area contributed by atoms with E-state index in [9.17, 15) is 9.59 Å². The van der Waals surface area contributed by atoms with E-state index in [2.05, 4.69) is 5.32 Å². The standard InChI is InChI=1S/C21H23ClN2O3/c1-4-14-7-5-6-8-16(14)23-19(25)11-12-24-17-13-15(22)9-10-18(17)27-21(2,3)20(24)26/h5-10,13H,4,11-12H2,1-3H3,(H,23,25). The molecule has 2 aromatic rings. The number of nitrogens with zero attached hydrogens (tertiary/aromatic N) is 1. The molecule has 0 spiro atoms. The number of carbonyl (C=O) groups excluding carboxylic acids is 2. The zero-order valence-electron chi connectivity index (χ0n) is 15.7. The van der Waals surface area contributed by atoms with Crippen molar-refractivity contribution < 1.29 is 14.3 Å². The van der Waals surface area contributed by atoms with Crippen LogP contribution in [0.15, 0.2) is 42.5 Å². The first kappa shape index (κ1) is 19.2. The molecular formula is C21H23ClN2O3. The van der Waals surface area contributed by atoms with Crippen LogP contribution in [-0.4, -0.2) is 24.0 Å². The van der Waals surface area contributed by atoms with Crippen molar-refractivity contribution in [2.24, 2.45) is 0 Å². The van der Waals surface area contributed by atoms with E-state index in [0.717, 1.165) is 17.7 Å². The number of carbonyl (C=O) groups is 2. The van der Waals surface area contributed by atoms with Crippen LogP contribution in [-0.2, 0) is 16.0 Å². The van der Waals surface area contributed by atoms with Gasteiger partial charge in [-0.25, -0.2) is 0 Å². The first-order valence-electron chi connectivity index (χ1n) is 9.00. The summed E-state index contributed by atoms with van der Waals surface area (Å²) in [5, 5.41) is 3.45. The Morgan fingerprint density at radius 2 is 1.96 bits per heavy atom. The fraction of sp³-hybridized carbons (Fsp3) is 0.333. The second kappa shape index (κ2) is 7.61. The minimum absolute atomic E-state index is 0.142. The van der Waals surface area contributed by atoms with Crippen molar-refractivity contribution in [1.82, 2.24) is 0 Å². The summed E-state index contributed by atoms with van der Waals surface area (Å²) in [7, 11) is 0. The lowest BCUT2D eigenvalue weighted by molar-refractivity contribution is -0.132. The Hall–Kier alpha value is -2.53. The lowest BCUT2D eigenvalue weighted by atomic mass is 10.0. The fourth-order valence-corrected chi connectivity index (χ4v) is 3.31. The Morgan fingerprint density at radius 1 is 1.22 bits per heavy atom. The van der Waals surface area contributed by atoms with Gasteiger partial charge in [-0.15, -0.1) is 0 Å². The maximum absolute atomic E-state index is 12.8. The molecule has 0 atom stereocenters. The Balaban J connectivity index is 1.75. The van der Waals surface area contributed by atoms with Gasteiger partial charge in [0.05, 0.1) is 5.69 Å². The Morgan fingerprint density at radius 3 is 2.70 bits per heavy atom. The lowest BCUT2D eigenvalue weighted by Crippen LogP contribution is -2.53. The maximum Gasteiger partial charge on any atom is 0.270 e. The maximum atomic E-state index is 12.8. The number of rotatable bonds is 5. The molecule has 0 radical (unpaired) electrons. The molecule has 3 rings (SSSR count). The largest absolute Gasteiger partial charge is 0.476 e. The second-order valence-corrected chi connectivity index (χ2v) is 7.43. The molecule has 1 aliphatic rings. The third kappa shape index (κ3) is 4.08. The number of nitrogens with one attached hydrogen (secondary N) is 1. The van der Waals surface area contributed by atoms with E-state index < -0.39 is 5.60 Å². The first-order chi connectivity index (χ1) is 12.8. The van der Waals surface area contributed by atoms with Crippen LogP contribution in [0.25, 0.3) is 0 Å². The first-order valence-corrected chi connectivity index (χ1v) is 9.38. The molecule has 0 saturated carbocycles. The molecule has 1 N–H and O–H groups in total. The van der Waals surface area contributed by atoms with Crippen LogP contribution in [0, 0.1) is 0 Å². The molecule has 0 bridgehead atoms. The van der Waals surface area contributed by atoms with Crippen LogP contribution >= 0.6 is 11.6 Å². The average Bonchev–Trinajstić information content (AvgIpc) is 2.63. The Kier molecular flexibility index (Phi) is 5.42. The zero-order valence-corrected chi connectivity index (χ0v) is 16.5. The van der Waals surface area contributed by atoms with Crippen molar-refractivity contribution in [2.75, 3.05) is 16.8 Å². The number of para-hydroxylation sites is 1. The van der Waals surface area contributed by atoms with E-state index in [4.69, 9.17) is 16.3 Å². The zero-order chi connectivity index (χ0) is 19.6. The molecule has 5 nitrogen and oxygen atoms in total. The molecule has 142 valence electrons. The van der Waals surface area contributed by atoms with Gasteiger partial charge in [-0.1, -0.05) is 36.7 Å². The quantitative estimate of drug-likeness (QED) is 0.826. The summed E-state index contributed by atoms with van der Waals surface area (Å²) in [4.78, 5) is 26.9. The molecule has 1 aliphatic heterocycles. The van der Waals surface area contributed by atoms with Crippen LogP contribution in [0.2, 0.25) is 5.02 Å². The van der Waals surface area contributed by atoms with Gasteiger partial charge in [0.25, 0.3) is 5.91 Å². The number of hydrogen-bond acceptors (Lipinski definition) is 3. The molecule has 0 fully saturated rings. The van der Waals surface area contributed by atoms with Gasteiger partial charge in [0.1, 0.15) is 5.75 Å². The van der Waals surface area contributed by atoms with Crippen molar-refractivity contribution in [1.29, 1.82) is 0 Å². The second-order valence-electron chi connectivity index (χ2n) is 6.99. The van der Waals surface area contributed by atoms with Gasteiger partial charge in [-0.3, -0.25) is 9.59 Å². The highest BCUT2D eigenvalue weighted by Crippen LogP contribution is 2.39. The highest BCUT2D eigenvalue weighted by Gasteiger charge is 2.40. The van der Waals surface area contributed by atoms with Crippen LogP contribution < -0.4 is 15.0 Å². The number of fused-ring (bicyclic) bond motifs is 1. The monoisotopic (exact) mass is 386 g/mol. The minimum Gasteiger partial charge on any atom is -0.476 e. The third-order valence-electron chi connectivity index (χ3n) is 4.57. The van der Waals surface area contributed by atoms with Gasteiger partial charge < -0.3 is 15.0 Å². The van der Waals surface area contributed by atoms with Crippen molar-refractivity contribution in [2.45, 2.75) is 39.2 Å². The predicted molar refractivity (Wildman–Crippen MR) is 108 cm³/mol. The molecule has 27 heavy (non-hydrogen) atoms. The van der Waals surface area contributed by atoms with Gasteiger partial charge >= 0.3 is 0 Å². The van der Waals surface area contributed by atoms with Crippen LogP contribution in [0.5, 0.6) is 5.75 Å². The highest BCUT2D eigenvalue weighted by atomic mass is 35.5. The summed E-state index contributed by atoms with van der Waals surface area (Å²) >= 11 is 6.09. The van der Waals surface area contributed by atoms with Crippen molar-refractivity contribution in [3.05, 3.63) is 53.1 Å². The predicted octanol–water partition coefficient (Wildman–Crippen LogP) is 4.44. The summed E-state index contributed by atoms with van der Waals surface area (Å²) in [5.74, 6) is 0.247. The Bertz CT molecular complexity index is 879. The molecule has 6 heteroatoms. The minimum atomic E-state index is -0.994. The molecule has 2 amide bonds. The summed E-state index contributed by atoms with van der Waals surface area (Å²) in [6.45, 7) is 5.73. The lowest BCUT2D eigenvalue weighted by Gasteiger charge is -2.38. The molecule has 0 saturated heterocycles. The van der Waals surface area contributed by atoms with Crippen molar-refractivity contribution in [3.8, 4) is 5.75 Å². The van der Waals surface area contributed by atoms with Crippen LogP contribution in [0.1, 0.15) is 32.8 Å². The molecule has 0 aliphatic carbocycles. The molecule has 0 unspecified atom stereocenters. The number of halogens is 1. The Labute approximate surface area is 164 Å². The summed E-state index contributed by atoms with van der Waals surface area (Å²) in [6, 6.07) is 12.9. The van der Waals surface area contributed by atoms with E-state index in [0.29, 0.717) is 16.5 Å². The van der Waals surface area contributed by atoms with Gasteiger partial charge in [-0.2, -0.15) is 0 Å².